The van der Waals surface area contributed by atoms with Crippen LogP contribution in [0.3, 0.4) is 0 Å². The molecule has 1 unspecified atom stereocenters. The third kappa shape index (κ3) is 1.28. The molecule has 0 saturated carbocycles. The molecular weight excluding hydrogens is 112 g/mol. The molecule has 1 atom stereocenters. The van der Waals surface area contributed by atoms with Gasteiger partial charge in [0.15, 0.2) is 0 Å². The minimum atomic E-state index is 0.139. The molecule has 0 N–H and O–H groups in total. The lowest BCUT2D eigenvalue weighted by molar-refractivity contribution is -0.111. The van der Waals surface area contributed by atoms with Gasteiger partial charge in [-0.2, -0.15) is 0 Å². The van der Waals surface area contributed by atoms with Crippen molar-refractivity contribution in [3.05, 3.63) is 24.3 Å². The Labute approximate surface area is 55.1 Å². The summed E-state index contributed by atoms with van der Waals surface area (Å²) < 4.78 is 0. The van der Waals surface area contributed by atoms with Gasteiger partial charge in [-0.3, -0.25) is 0 Å². The molecule has 0 fully saturated rings. The van der Waals surface area contributed by atoms with Crippen LogP contribution >= 0.6 is 0 Å². The summed E-state index contributed by atoms with van der Waals surface area (Å²) in [6.45, 7) is 1.93. The van der Waals surface area contributed by atoms with Crippen molar-refractivity contribution < 1.29 is 4.79 Å². The van der Waals surface area contributed by atoms with Crippen molar-refractivity contribution in [1.29, 1.82) is 0 Å². The molecule has 0 aromatic carbocycles. The quantitative estimate of drug-likeness (QED) is 0.508. The van der Waals surface area contributed by atoms with E-state index in [0.29, 0.717) is 5.92 Å². The molecular formula is C8H10O. The summed E-state index contributed by atoms with van der Waals surface area (Å²) in [4.78, 5) is 10.2. The van der Waals surface area contributed by atoms with Gasteiger partial charge in [0, 0.05) is 11.8 Å². The van der Waals surface area contributed by atoms with E-state index >= 15 is 0 Å². The molecule has 1 heteroatoms. The molecule has 1 rings (SSSR count). The van der Waals surface area contributed by atoms with E-state index in [4.69, 9.17) is 0 Å². The Balaban J connectivity index is 2.52. The molecule has 1 aliphatic carbocycles. The average Bonchev–Trinajstić information content (AvgIpc) is 2.37. The van der Waals surface area contributed by atoms with Gasteiger partial charge in [-0.15, -0.1) is 0 Å². The Morgan fingerprint density at radius 2 is 2.00 bits per heavy atom. The van der Waals surface area contributed by atoms with Crippen LogP contribution in [-0.2, 0) is 4.79 Å². The Morgan fingerprint density at radius 1 is 1.44 bits per heavy atom. The van der Waals surface area contributed by atoms with Crippen molar-refractivity contribution in [3.8, 4) is 0 Å². The van der Waals surface area contributed by atoms with Crippen molar-refractivity contribution in [1.82, 2.24) is 0 Å². The fraction of sp³-hybridized carbons (Fsp3) is 0.375. The van der Waals surface area contributed by atoms with E-state index in [0.717, 1.165) is 6.29 Å². The lowest BCUT2D eigenvalue weighted by Gasteiger charge is -2.05. The third-order valence-electron chi connectivity index (χ3n) is 1.60. The maximum absolute atomic E-state index is 10.2. The van der Waals surface area contributed by atoms with Gasteiger partial charge in [-0.25, -0.2) is 0 Å². The first kappa shape index (κ1) is 6.27. The van der Waals surface area contributed by atoms with E-state index in [1.54, 1.807) is 0 Å². The molecule has 0 radical (unpaired) electrons. The van der Waals surface area contributed by atoms with Crippen LogP contribution in [0, 0.1) is 11.8 Å². The highest BCUT2D eigenvalue weighted by Crippen LogP contribution is 2.16. The molecule has 0 bridgehead atoms. The maximum atomic E-state index is 10.2. The Morgan fingerprint density at radius 3 is 2.44 bits per heavy atom. The van der Waals surface area contributed by atoms with Crippen LogP contribution in [-0.4, -0.2) is 6.29 Å². The Kier molecular flexibility index (Phi) is 1.83. The SMILES string of the molecule is CC(C=O)C1C=CC=C1. The van der Waals surface area contributed by atoms with Gasteiger partial charge in [0.25, 0.3) is 0 Å². The summed E-state index contributed by atoms with van der Waals surface area (Å²) in [7, 11) is 0. The number of rotatable bonds is 2. The minimum Gasteiger partial charge on any atom is -0.303 e. The summed E-state index contributed by atoms with van der Waals surface area (Å²) in [5.41, 5.74) is 0. The summed E-state index contributed by atoms with van der Waals surface area (Å²) in [6.07, 6.45) is 9.03. The van der Waals surface area contributed by atoms with E-state index in [1.165, 1.54) is 0 Å². The lowest BCUT2D eigenvalue weighted by atomic mass is 9.98. The first-order chi connectivity index (χ1) is 4.34. The largest absolute Gasteiger partial charge is 0.303 e. The molecule has 0 aromatic rings. The molecule has 0 heterocycles. The van der Waals surface area contributed by atoms with Gasteiger partial charge < -0.3 is 4.79 Å². The molecule has 0 aromatic heterocycles. The standard InChI is InChI=1S/C8H10O/c1-7(6-9)8-4-2-3-5-8/h2-8H,1H3. The van der Waals surface area contributed by atoms with E-state index in [1.807, 2.05) is 31.2 Å². The second-order valence-corrected chi connectivity index (χ2v) is 2.34. The number of hydrogen-bond donors (Lipinski definition) is 0. The van der Waals surface area contributed by atoms with Gasteiger partial charge in [0.2, 0.25) is 0 Å². The molecule has 9 heavy (non-hydrogen) atoms. The third-order valence-corrected chi connectivity index (χ3v) is 1.60. The van der Waals surface area contributed by atoms with E-state index in [9.17, 15) is 4.79 Å². The zero-order chi connectivity index (χ0) is 6.69. The smallest absolute Gasteiger partial charge is 0.123 e. The van der Waals surface area contributed by atoms with Crippen molar-refractivity contribution >= 4 is 6.29 Å². The Hall–Kier alpha value is -0.850. The number of hydrogen-bond acceptors (Lipinski definition) is 1. The van der Waals surface area contributed by atoms with Gasteiger partial charge in [0.05, 0.1) is 0 Å². The Bertz CT molecular complexity index is 144. The van der Waals surface area contributed by atoms with Gasteiger partial charge >= 0.3 is 0 Å². The van der Waals surface area contributed by atoms with Crippen LogP contribution in [0.25, 0.3) is 0 Å². The number of allylic oxidation sites excluding steroid dienone is 4. The predicted octanol–water partition coefficient (Wildman–Crippen LogP) is 1.56. The first-order valence-electron chi connectivity index (χ1n) is 3.15. The van der Waals surface area contributed by atoms with Crippen molar-refractivity contribution in [2.75, 3.05) is 0 Å². The maximum Gasteiger partial charge on any atom is 0.123 e. The first-order valence-corrected chi connectivity index (χ1v) is 3.15. The molecule has 48 valence electrons. The molecule has 0 spiro atoms. The molecule has 0 amide bonds. The topological polar surface area (TPSA) is 17.1 Å². The van der Waals surface area contributed by atoms with Crippen molar-refractivity contribution in [2.45, 2.75) is 6.92 Å². The number of carbonyl (C=O) groups is 1. The second kappa shape index (κ2) is 2.62. The van der Waals surface area contributed by atoms with E-state index in [-0.39, 0.29) is 5.92 Å². The van der Waals surface area contributed by atoms with Crippen molar-refractivity contribution in [3.63, 3.8) is 0 Å². The summed E-state index contributed by atoms with van der Waals surface area (Å²) in [6, 6.07) is 0. The normalized spacial score (nSPS) is 20.6. The second-order valence-electron chi connectivity index (χ2n) is 2.34. The van der Waals surface area contributed by atoms with Crippen LogP contribution < -0.4 is 0 Å². The summed E-state index contributed by atoms with van der Waals surface area (Å²) >= 11 is 0. The molecule has 1 aliphatic rings. The highest BCUT2D eigenvalue weighted by molar-refractivity contribution is 5.55. The molecule has 0 aliphatic heterocycles. The fourth-order valence-electron chi connectivity index (χ4n) is 0.890. The zero-order valence-electron chi connectivity index (χ0n) is 5.45. The molecule has 1 nitrogen and oxygen atoms in total. The van der Waals surface area contributed by atoms with Crippen LogP contribution in [0.4, 0.5) is 0 Å². The van der Waals surface area contributed by atoms with Crippen molar-refractivity contribution in [2.24, 2.45) is 11.8 Å². The fourth-order valence-corrected chi connectivity index (χ4v) is 0.890. The predicted molar refractivity (Wildman–Crippen MR) is 37.0 cm³/mol. The zero-order valence-corrected chi connectivity index (χ0v) is 5.45. The van der Waals surface area contributed by atoms with E-state index < -0.39 is 0 Å². The van der Waals surface area contributed by atoms with Crippen LogP contribution in [0.15, 0.2) is 24.3 Å². The lowest BCUT2D eigenvalue weighted by Crippen LogP contribution is -2.05. The highest BCUT2D eigenvalue weighted by Gasteiger charge is 2.10. The molecule has 0 saturated heterocycles. The van der Waals surface area contributed by atoms with E-state index in [2.05, 4.69) is 0 Å². The van der Waals surface area contributed by atoms with Crippen LogP contribution in [0.2, 0.25) is 0 Å². The van der Waals surface area contributed by atoms with Crippen LogP contribution in [0.1, 0.15) is 6.92 Å². The average molecular weight is 122 g/mol. The summed E-state index contributed by atoms with van der Waals surface area (Å²) in [5, 5.41) is 0. The van der Waals surface area contributed by atoms with Crippen LogP contribution in [0.5, 0.6) is 0 Å². The number of aldehydes is 1. The van der Waals surface area contributed by atoms with Gasteiger partial charge in [-0.1, -0.05) is 31.2 Å². The minimum absolute atomic E-state index is 0.139. The monoisotopic (exact) mass is 122 g/mol. The highest BCUT2D eigenvalue weighted by atomic mass is 16.1. The number of carbonyl (C=O) groups excluding carboxylic acids is 1. The van der Waals surface area contributed by atoms with Gasteiger partial charge in [0.1, 0.15) is 6.29 Å². The summed E-state index contributed by atoms with van der Waals surface area (Å²) in [5.74, 6) is 0.488. The van der Waals surface area contributed by atoms with Gasteiger partial charge in [-0.05, 0) is 0 Å².